The van der Waals surface area contributed by atoms with Crippen LogP contribution in [0.5, 0.6) is 0 Å². The molecule has 23 valence electrons. The third-order valence-corrected chi connectivity index (χ3v) is 1.39. The molecular weight excluding hydrogens is 135 g/mol. The van der Waals surface area contributed by atoms with Crippen molar-refractivity contribution in [1.29, 1.82) is 0 Å². The van der Waals surface area contributed by atoms with Gasteiger partial charge in [-0.15, -0.1) is 15.8 Å². The van der Waals surface area contributed by atoms with Crippen LogP contribution in [0.3, 0.4) is 0 Å². The summed E-state index contributed by atoms with van der Waals surface area (Å²) in [5, 5.41) is 1.85. The van der Waals surface area contributed by atoms with Gasteiger partial charge in [0.1, 0.15) is 0 Å². The Hall–Kier alpha value is 0.895. The van der Waals surface area contributed by atoms with Gasteiger partial charge < -0.3 is 0 Å². The fourth-order valence-corrected chi connectivity index (χ4v) is 0. The normalized spacial score (nSPS) is 6.50. The maximum absolute atomic E-state index is 3.09. The Morgan fingerprint density at radius 3 is 2.25 bits per heavy atom. The molecule has 0 aromatic carbocycles. The van der Waals surface area contributed by atoms with E-state index < -0.39 is 0 Å². The van der Waals surface area contributed by atoms with Crippen LogP contribution in [-0.4, -0.2) is 11.6 Å². The first kappa shape index (κ1) is 4.89. The second kappa shape index (κ2) is 3.89. The molecule has 0 rings (SSSR count). The zero-order valence-electron chi connectivity index (χ0n) is 2.36. The molecule has 4 heavy (non-hydrogen) atoms. The molecule has 0 fully saturated rings. The highest BCUT2D eigenvalue weighted by Crippen LogP contribution is 1.89. The summed E-state index contributed by atoms with van der Waals surface area (Å²) in [6, 6.07) is 0. The van der Waals surface area contributed by atoms with Crippen molar-refractivity contribution >= 4 is 32.8 Å². The average Bonchev–Trinajstić information content (AvgIpc) is 1.37. The van der Waals surface area contributed by atoms with Crippen LogP contribution in [0.25, 0.3) is 0 Å². The highest BCUT2D eigenvalue weighted by Gasteiger charge is 1.64. The molecule has 3 heteroatoms. The van der Waals surface area contributed by atoms with Crippen molar-refractivity contribution in [3.05, 3.63) is 0 Å². The first-order valence-electron chi connectivity index (χ1n) is 0.862. The number of hydrogen-bond acceptors (Lipinski definition) is 1. The van der Waals surface area contributed by atoms with Crippen LogP contribution < -0.4 is 0 Å². The van der Waals surface area contributed by atoms with Crippen molar-refractivity contribution in [3.8, 4) is 0 Å². The monoisotopic (exact) mass is 137 g/mol. The van der Waals surface area contributed by atoms with Crippen LogP contribution in [0, 0.1) is 0 Å². The third kappa shape index (κ3) is 2.89. The third-order valence-electron chi connectivity index (χ3n) is 0.0891. The van der Waals surface area contributed by atoms with Crippen LogP contribution in [0.2, 0.25) is 0 Å². The molecule has 0 bridgehead atoms. The molecule has 0 saturated carbocycles. The van der Waals surface area contributed by atoms with Crippen molar-refractivity contribution < 1.29 is 0 Å². The Morgan fingerprint density at radius 2 is 2.25 bits per heavy atom. The van der Waals surface area contributed by atoms with Crippen molar-refractivity contribution in [2.45, 2.75) is 0 Å². The zero-order chi connectivity index (χ0) is 3.41. The Labute approximate surface area is 39.5 Å². The molecule has 0 N–H and O–H groups in total. The molecule has 0 aliphatic rings. The minimum atomic E-state index is 1.65. The molecule has 0 nitrogen and oxygen atoms in total. The van der Waals surface area contributed by atoms with Gasteiger partial charge in [0, 0.05) is 0 Å². The minimum Gasteiger partial charge on any atom is -0.204 e. The van der Waals surface area contributed by atoms with Crippen LogP contribution >= 0.6 is 27.4 Å². The summed E-state index contributed by atoms with van der Waals surface area (Å²) in [6.45, 7) is 0. The summed E-state index contributed by atoms with van der Waals surface area (Å²) < 4.78 is 0. The first-order chi connectivity index (χ1) is 1.91. The highest BCUT2D eigenvalue weighted by molar-refractivity contribution is 9.28. The molecule has 1 radical (unpaired) electrons. The number of rotatable bonds is 1. The Kier molecular flexibility index (Phi) is 4.77. The zero-order valence-corrected chi connectivity index (χ0v) is 4.77. The van der Waals surface area contributed by atoms with Gasteiger partial charge in [0.05, 0.1) is 0 Å². The summed E-state index contributed by atoms with van der Waals surface area (Å²) >= 11 is 4.73. The maximum atomic E-state index is 3.09. The van der Waals surface area contributed by atoms with Gasteiger partial charge in [0.15, 0.2) is 0 Å². The molecule has 0 atom stereocenters. The van der Waals surface area contributed by atoms with Crippen LogP contribution in [-0.2, 0) is 0 Å². The van der Waals surface area contributed by atoms with E-state index in [0.29, 0.717) is 0 Å². The average molecular weight is 138 g/mol. The van der Waals surface area contributed by atoms with Gasteiger partial charge in [-0.25, -0.2) is 11.6 Å². The quantitative estimate of drug-likeness (QED) is 0.491. The predicted molar refractivity (Wildman–Crippen MR) is 28.2 cm³/mol. The van der Waals surface area contributed by atoms with E-state index in [0.717, 1.165) is 0 Å². The van der Waals surface area contributed by atoms with E-state index in [1.54, 1.807) is 11.6 Å². The van der Waals surface area contributed by atoms with E-state index in [-0.39, 0.29) is 0 Å². The van der Waals surface area contributed by atoms with Crippen LogP contribution in [0.1, 0.15) is 0 Å². The molecule has 0 aromatic heterocycles. The summed E-state index contributed by atoms with van der Waals surface area (Å²) in [6.07, 6.45) is 1.99. The van der Waals surface area contributed by atoms with Crippen LogP contribution in [0.15, 0.2) is 0 Å². The van der Waals surface area contributed by atoms with E-state index in [9.17, 15) is 0 Å². The summed E-state index contributed by atoms with van der Waals surface area (Å²) in [4.78, 5) is 0. The highest BCUT2D eigenvalue weighted by atomic mass is 79.9. The number of halogens is 1. The van der Waals surface area contributed by atoms with Gasteiger partial charge in [-0.05, 0) is 6.26 Å². The second-order valence-electron chi connectivity index (χ2n) is 0.325. The lowest BCUT2D eigenvalue weighted by atomic mass is 10.7. The fraction of sp³-hybridized carbons (Fsp3) is 1.00. The lowest BCUT2D eigenvalue weighted by molar-refractivity contribution is 2.54. The Balaban J connectivity index is 1.97. The molecule has 0 unspecified atom stereocenters. The van der Waals surface area contributed by atoms with Gasteiger partial charge in [0.2, 0.25) is 0 Å². The van der Waals surface area contributed by atoms with Crippen molar-refractivity contribution in [1.82, 2.24) is 0 Å². The molecular formula is CH3BBrS. The van der Waals surface area contributed by atoms with Gasteiger partial charge >= 0.3 is 0 Å². The van der Waals surface area contributed by atoms with E-state index in [1.807, 2.05) is 11.6 Å². The first-order valence-corrected chi connectivity index (χ1v) is 3.07. The summed E-state index contributed by atoms with van der Waals surface area (Å²) in [7, 11) is 0. The second-order valence-corrected chi connectivity index (χ2v) is 2.10. The minimum absolute atomic E-state index is 1.65. The van der Waals surface area contributed by atoms with Crippen molar-refractivity contribution in [3.63, 3.8) is 0 Å². The van der Waals surface area contributed by atoms with E-state index in [2.05, 4.69) is 15.8 Å². The molecule has 0 amide bonds. The SMILES string of the molecule is CS[B]Br. The summed E-state index contributed by atoms with van der Waals surface area (Å²) in [5.41, 5.74) is 0. The van der Waals surface area contributed by atoms with E-state index in [4.69, 9.17) is 0 Å². The largest absolute Gasteiger partial charge is 0.281 e. The van der Waals surface area contributed by atoms with Crippen molar-refractivity contribution in [2.75, 3.05) is 6.26 Å². The molecule has 0 aliphatic heterocycles. The molecule has 0 aliphatic carbocycles. The molecule has 0 saturated heterocycles. The lowest BCUT2D eigenvalue weighted by Gasteiger charge is -1.63. The van der Waals surface area contributed by atoms with E-state index >= 15 is 0 Å². The van der Waals surface area contributed by atoms with Gasteiger partial charge in [0.25, 0.3) is 5.38 Å². The maximum Gasteiger partial charge on any atom is 0.281 e. The predicted octanol–water partition coefficient (Wildman–Crippen LogP) is 1.28. The molecule has 0 aromatic rings. The smallest absolute Gasteiger partial charge is 0.204 e. The van der Waals surface area contributed by atoms with Gasteiger partial charge in [-0.3, -0.25) is 0 Å². The topological polar surface area (TPSA) is 0 Å². The van der Waals surface area contributed by atoms with E-state index in [1.165, 1.54) is 0 Å². The summed E-state index contributed by atoms with van der Waals surface area (Å²) in [5.74, 6) is 0. The van der Waals surface area contributed by atoms with Gasteiger partial charge in [-0.2, -0.15) is 0 Å². The lowest BCUT2D eigenvalue weighted by Crippen LogP contribution is -1.52. The van der Waals surface area contributed by atoms with Crippen molar-refractivity contribution in [2.24, 2.45) is 0 Å². The molecule has 0 heterocycles. The number of hydrogen-bond donors (Lipinski definition) is 0. The Bertz CT molecular complexity index is 10.0. The standard InChI is InChI=1S/CH3BBrS/c1-4-2-3/h1H3. The fourth-order valence-electron chi connectivity index (χ4n) is 0. The van der Waals surface area contributed by atoms with Gasteiger partial charge in [-0.1, -0.05) is 0 Å². The molecule has 0 spiro atoms. The van der Waals surface area contributed by atoms with Crippen LogP contribution in [0.4, 0.5) is 0 Å². The Morgan fingerprint density at radius 1 is 2.00 bits per heavy atom.